The van der Waals surface area contributed by atoms with E-state index in [0.717, 1.165) is 25.9 Å². The summed E-state index contributed by atoms with van der Waals surface area (Å²) >= 11 is 4.93. The lowest BCUT2D eigenvalue weighted by Crippen LogP contribution is -2.45. The van der Waals surface area contributed by atoms with E-state index in [0.29, 0.717) is 23.9 Å². The van der Waals surface area contributed by atoms with E-state index in [1.54, 1.807) is 0 Å². The third-order valence-corrected chi connectivity index (χ3v) is 3.01. The maximum Gasteiger partial charge on any atom is 0.323 e. The van der Waals surface area contributed by atoms with Gasteiger partial charge in [0.25, 0.3) is 0 Å². The first kappa shape index (κ1) is 18.3. The summed E-state index contributed by atoms with van der Waals surface area (Å²) in [6, 6.07) is -0.179. The average Bonchev–Trinajstić information content (AvgIpc) is 2.31. The maximum atomic E-state index is 12.1. The molecule has 0 saturated heterocycles. The van der Waals surface area contributed by atoms with E-state index in [-0.39, 0.29) is 12.0 Å². The molecule has 0 aromatic carbocycles. The Bertz CT molecular complexity index is 283. The molecule has 112 valence electrons. The van der Waals surface area contributed by atoms with Crippen LogP contribution in [0.4, 0.5) is 0 Å². The Hall–Kier alpha value is -0.680. The van der Waals surface area contributed by atoms with Crippen molar-refractivity contribution in [1.29, 1.82) is 0 Å². The first-order chi connectivity index (χ1) is 8.92. The Labute approximate surface area is 122 Å². The standard InChI is InChI=1S/C14H28N2O2S/c1-5-7-12(14(17)18-6-2)16(10-11(3)4)9-8-13(15)19/h11-12H,5-10H2,1-4H3,(H2,15,19). The highest BCUT2D eigenvalue weighted by Crippen LogP contribution is 2.13. The van der Waals surface area contributed by atoms with Crippen molar-refractivity contribution in [3.63, 3.8) is 0 Å². The molecule has 0 fully saturated rings. The van der Waals surface area contributed by atoms with Gasteiger partial charge in [0, 0.05) is 19.5 Å². The molecule has 2 N–H and O–H groups in total. The molecule has 0 aliphatic rings. The predicted molar refractivity (Wildman–Crippen MR) is 83.1 cm³/mol. The predicted octanol–water partition coefficient (Wildman–Crippen LogP) is 2.35. The lowest BCUT2D eigenvalue weighted by Gasteiger charge is -2.31. The summed E-state index contributed by atoms with van der Waals surface area (Å²) in [6.07, 6.45) is 2.40. The third-order valence-electron chi connectivity index (χ3n) is 2.81. The molecule has 5 heteroatoms. The zero-order valence-electron chi connectivity index (χ0n) is 12.6. The van der Waals surface area contributed by atoms with Gasteiger partial charge in [-0.05, 0) is 19.3 Å². The first-order valence-corrected chi connectivity index (χ1v) is 7.52. The molecule has 0 amide bonds. The molecule has 1 atom stereocenters. The summed E-state index contributed by atoms with van der Waals surface area (Å²) in [5, 5.41) is 0. The van der Waals surface area contributed by atoms with Crippen LogP contribution in [0.1, 0.15) is 47.0 Å². The molecular weight excluding hydrogens is 260 g/mol. The molecule has 0 aromatic heterocycles. The van der Waals surface area contributed by atoms with Crippen LogP contribution in [0.2, 0.25) is 0 Å². The van der Waals surface area contributed by atoms with E-state index in [4.69, 9.17) is 22.7 Å². The number of rotatable bonds is 10. The van der Waals surface area contributed by atoms with Gasteiger partial charge in [-0.15, -0.1) is 0 Å². The summed E-state index contributed by atoms with van der Waals surface area (Å²) in [6.45, 7) is 10.2. The van der Waals surface area contributed by atoms with Gasteiger partial charge >= 0.3 is 5.97 Å². The Morgan fingerprint density at radius 3 is 2.42 bits per heavy atom. The van der Waals surface area contributed by atoms with Crippen molar-refractivity contribution < 1.29 is 9.53 Å². The van der Waals surface area contributed by atoms with Crippen LogP contribution in [0.5, 0.6) is 0 Å². The molecule has 0 aliphatic carbocycles. The smallest absolute Gasteiger partial charge is 0.323 e. The number of ether oxygens (including phenoxy) is 1. The number of nitrogens with zero attached hydrogens (tertiary/aromatic N) is 1. The molecular formula is C14H28N2O2S. The molecule has 0 radical (unpaired) electrons. The van der Waals surface area contributed by atoms with Crippen molar-refractivity contribution in [1.82, 2.24) is 4.90 Å². The largest absolute Gasteiger partial charge is 0.465 e. The molecule has 1 unspecified atom stereocenters. The van der Waals surface area contributed by atoms with Crippen LogP contribution < -0.4 is 5.73 Å². The highest BCUT2D eigenvalue weighted by Gasteiger charge is 2.26. The van der Waals surface area contributed by atoms with Crippen LogP contribution in [-0.4, -0.2) is 41.6 Å². The van der Waals surface area contributed by atoms with Crippen molar-refractivity contribution >= 4 is 23.2 Å². The van der Waals surface area contributed by atoms with Gasteiger partial charge < -0.3 is 10.5 Å². The average molecular weight is 288 g/mol. The number of carbonyl (C=O) groups is 1. The Morgan fingerprint density at radius 1 is 1.37 bits per heavy atom. The summed E-state index contributed by atoms with van der Waals surface area (Å²) < 4.78 is 5.18. The van der Waals surface area contributed by atoms with Gasteiger partial charge in [-0.1, -0.05) is 39.4 Å². The lowest BCUT2D eigenvalue weighted by molar-refractivity contribution is -0.150. The highest BCUT2D eigenvalue weighted by atomic mass is 32.1. The van der Waals surface area contributed by atoms with Crippen LogP contribution in [0.25, 0.3) is 0 Å². The molecule has 0 aromatic rings. The second-order valence-electron chi connectivity index (χ2n) is 5.16. The summed E-state index contributed by atoms with van der Waals surface area (Å²) in [5.41, 5.74) is 5.57. The summed E-state index contributed by atoms with van der Waals surface area (Å²) in [4.78, 5) is 14.7. The van der Waals surface area contributed by atoms with E-state index >= 15 is 0 Å². The van der Waals surface area contributed by atoms with Gasteiger partial charge in [-0.2, -0.15) is 0 Å². The van der Waals surface area contributed by atoms with Crippen molar-refractivity contribution in [2.24, 2.45) is 11.7 Å². The third kappa shape index (κ3) is 8.16. The number of carbonyl (C=O) groups excluding carboxylic acids is 1. The molecule has 0 rings (SSSR count). The summed E-state index contributed by atoms with van der Waals surface area (Å²) in [7, 11) is 0. The van der Waals surface area contributed by atoms with Gasteiger partial charge in [0.1, 0.15) is 6.04 Å². The van der Waals surface area contributed by atoms with Crippen molar-refractivity contribution in [3.8, 4) is 0 Å². The monoisotopic (exact) mass is 288 g/mol. The van der Waals surface area contributed by atoms with E-state index in [2.05, 4.69) is 25.7 Å². The topological polar surface area (TPSA) is 55.6 Å². The first-order valence-electron chi connectivity index (χ1n) is 7.11. The second-order valence-corrected chi connectivity index (χ2v) is 5.69. The lowest BCUT2D eigenvalue weighted by atomic mass is 10.1. The number of esters is 1. The van der Waals surface area contributed by atoms with Crippen LogP contribution in [0.15, 0.2) is 0 Å². The zero-order valence-corrected chi connectivity index (χ0v) is 13.5. The van der Waals surface area contributed by atoms with E-state index in [1.807, 2.05) is 6.92 Å². The molecule has 0 saturated carbocycles. The van der Waals surface area contributed by atoms with Crippen LogP contribution in [-0.2, 0) is 9.53 Å². The van der Waals surface area contributed by atoms with Gasteiger partial charge in [-0.3, -0.25) is 9.69 Å². The number of nitrogens with two attached hydrogens (primary N) is 1. The van der Waals surface area contributed by atoms with Gasteiger partial charge in [0.15, 0.2) is 0 Å². The molecule has 0 spiro atoms. The van der Waals surface area contributed by atoms with Crippen molar-refractivity contribution in [3.05, 3.63) is 0 Å². The minimum absolute atomic E-state index is 0.132. The van der Waals surface area contributed by atoms with Crippen LogP contribution >= 0.6 is 12.2 Å². The summed E-state index contributed by atoms with van der Waals surface area (Å²) in [5.74, 6) is 0.355. The van der Waals surface area contributed by atoms with Gasteiger partial charge in [0.2, 0.25) is 0 Å². The number of thiocarbonyl (C=S) groups is 1. The Balaban J connectivity index is 4.78. The van der Waals surface area contributed by atoms with E-state index < -0.39 is 0 Å². The molecule has 0 heterocycles. The maximum absolute atomic E-state index is 12.1. The van der Waals surface area contributed by atoms with Crippen molar-refractivity contribution in [2.75, 3.05) is 19.7 Å². The molecule has 0 aliphatic heterocycles. The van der Waals surface area contributed by atoms with E-state index in [1.165, 1.54) is 0 Å². The number of hydrogen-bond donors (Lipinski definition) is 1. The van der Waals surface area contributed by atoms with Gasteiger partial charge in [-0.25, -0.2) is 0 Å². The van der Waals surface area contributed by atoms with E-state index in [9.17, 15) is 4.79 Å². The normalized spacial score (nSPS) is 12.7. The molecule has 4 nitrogen and oxygen atoms in total. The fourth-order valence-electron chi connectivity index (χ4n) is 2.06. The highest BCUT2D eigenvalue weighted by molar-refractivity contribution is 7.80. The Morgan fingerprint density at radius 2 is 2.00 bits per heavy atom. The molecule has 0 bridgehead atoms. The van der Waals surface area contributed by atoms with Crippen LogP contribution in [0.3, 0.4) is 0 Å². The fourth-order valence-corrected chi connectivity index (χ4v) is 2.15. The minimum atomic E-state index is -0.179. The number of hydrogen-bond acceptors (Lipinski definition) is 4. The fraction of sp³-hybridized carbons (Fsp3) is 0.857. The van der Waals surface area contributed by atoms with Crippen molar-refractivity contribution in [2.45, 2.75) is 53.0 Å². The molecule has 19 heavy (non-hydrogen) atoms. The van der Waals surface area contributed by atoms with Crippen LogP contribution in [0, 0.1) is 5.92 Å². The minimum Gasteiger partial charge on any atom is -0.465 e. The quantitative estimate of drug-likeness (QED) is 0.494. The SMILES string of the molecule is CCCC(C(=O)OCC)N(CCC(N)=S)CC(C)C. The van der Waals surface area contributed by atoms with Gasteiger partial charge in [0.05, 0.1) is 11.6 Å². The second kappa shape index (κ2) is 10.1. The zero-order chi connectivity index (χ0) is 14.8. The Kier molecular flexibility index (Phi) is 9.79.